The summed E-state index contributed by atoms with van der Waals surface area (Å²) in [5.41, 5.74) is 8.82. The first kappa shape index (κ1) is 19.2. The van der Waals surface area contributed by atoms with E-state index in [1.165, 1.54) is 49.7 Å². The summed E-state index contributed by atoms with van der Waals surface area (Å²) in [7, 11) is 0. The van der Waals surface area contributed by atoms with E-state index in [9.17, 15) is 0 Å². The summed E-state index contributed by atoms with van der Waals surface area (Å²) in [6.45, 7) is 6.30. The van der Waals surface area contributed by atoms with Crippen molar-refractivity contribution >= 4 is 5.96 Å². The molecule has 1 aromatic rings. The van der Waals surface area contributed by atoms with Gasteiger partial charge in [-0.1, -0.05) is 55.5 Å². The SMILES string of the molecule is Cc1ccc(C(CN=C(N)NC2CCCCCC2)N2CCOCC2)cc1. The Labute approximate surface area is 158 Å². The fraction of sp³-hybridized carbons (Fsp3) is 0.667. The molecule has 2 fully saturated rings. The van der Waals surface area contributed by atoms with Crippen molar-refractivity contribution < 1.29 is 4.74 Å². The van der Waals surface area contributed by atoms with E-state index in [0.29, 0.717) is 18.5 Å². The van der Waals surface area contributed by atoms with E-state index in [1.54, 1.807) is 0 Å². The van der Waals surface area contributed by atoms with Gasteiger partial charge in [0.05, 0.1) is 25.8 Å². The van der Waals surface area contributed by atoms with Crippen molar-refractivity contribution in [2.75, 3.05) is 32.8 Å². The zero-order chi connectivity index (χ0) is 18.2. The Morgan fingerprint density at radius 2 is 1.81 bits per heavy atom. The molecule has 1 atom stereocenters. The maximum Gasteiger partial charge on any atom is 0.188 e. The van der Waals surface area contributed by atoms with Crippen LogP contribution in [-0.4, -0.2) is 49.7 Å². The van der Waals surface area contributed by atoms with Gasteiger partial charge in [-0.3, -0.25) is 9.89 Å². The van der Waals surface area contributed by atoms with Gasteiger partial charge in [0.15, 0.2) is 5.96 Å². The lowest BCUT2D eigenvalue weighted by atomic mass is 10.0. The quantitative estimate of drug-likeness (QED) is 0.482. The zero-order valence-corrected chi connectivity index (χ0v) is 16.1. The van der Waals surface area contributed by atoms with E-state index < -0.39 is 0 Å². The highest BCUT2D eigenvalue weighted by molar-refractivity contribution is 5.78. The highest BCUT2D eigenvalue weighted by Crippen LogP contribution is 2.23. The average molecular weight is 359 g/mol. The van der Waals surface area contributed by atoms with E-state index in [0.717, 1.165) is 26.3 Å². The van der Waals surface area contributed by atoms with Crippen LogP contribution in [0.1, 0.15) is 55.7 Å². The van der Waals surface area contributed by atoms with Gasteiger partial charge < -0.3 is 15.8 Å². The number of nitrogens with one attached hydrogen (secondary N) is 1. The van der Waals surface area contributed by atoms with Crippen LogP contribution < -0.4 is 11.1 Å². The summed E-state index contributed by atoms with van der Waals surface area (Å²) < 4.78 is 5.53. The molecule has 1 heterocycles. The molecule has 0 amide bonds. The second kappa shape index (κ2) is 9.93. The van der Waals surface area contributed by atoms with Crippen LogP contribution >= 0.6 is 0 Å². The van der Waals surface area contributed by atoms with Crippen LogP contribution in [0.2, 0.25) is 0 Å². The minimum atomic E-state index is 0.258. The molecule has 1 aliphatic heterocycles. The van der Waals surface area contributed by atoms with E-state index in [-0.39, 0.29) is 6.04 Å². The van der Waals surface area contributed by atoms with E-state index in [4.69, 9.17) is 15.5 Å². The summed E-state index contributed by atoms with van der Waals surface area (Å²) in [5, 5.41) is 3.46. The number of aliphatic imine (C=N–C) groups is 1. The molecule has 1 aliphatic carbocycles. The van der Waals surface area contributed by atoms with Gasteiger partial charge in [-0.15, -0.1) is 0 Å². The lowest BCUT2D eigenvalue weighted by Gasteiger charge is -2.34. The van der Waals surface area contributed by atoms with Crippen LogP contribution in [0.25, 0.3) is 0 Å². The van der Waals surface area contributed by atoms with Gasteiger partial charge >= 0.3 is 0 Å². The predicted molar refractivity (Wildman–Crippen MR) is 107 cm³/mol. The highest BCUT2D eigenvalue weighted by atomic mass is 16.5. The number of nitrogens with zero attached hydrogens (tertiary/aromatic N) is 2. The Kier molecular flexibility index (Phi) is 7.32. The molecule has 0 bridgehead atoms. The summed E-state index contributed by atoms with van der Waals surface area (Å²) in [6.07, 6.45) is 7.71. The van der Waals surface area contributed by atoms with Crippen molar-refractivity contribution in [3.05, 3.63) is 35.4 Å². The number of aryl methyl sites for hydroxylation is 1. The largest absolute Gasteiger partial charge is 0.379 e. The lowest BCUT2D eigenvalue weighted by Crippen LogP contribution is -2.42. The molecule has 5 heteroatoms. The number of hydrogen-bond donors (Lipinski definition) is 2. The highest BCUT2D eigenvalue weighted by Gasteiger charge is 2.22. The van der Waals surface area contributed by atoms with Crippen LogP contribution in [0.4, 0.5) is 0 Å². The Morgan fingerprint density at radius 1 is 1.15 bits per heavy atom. The molecule has 5 nitrogen and oxygen atoms in total. The number of ether oxygens (including phenoxy) is 1. The van der Waals surface area contributed by atoms with Crippen molar-refractivity contribution in [2.45, 2.75) is 57.5 Å². The molecule has 0 spiro atoms. The summed E-state index contributed by atoms with van der Waals surface area (Å²) >= 11 is 0. The minimum Gasteiger partial charge on any atom is -0.379 e. The number of hydrogen-bond acceptors (Lipinski definition) is 3. The lowest BCUT2D eigenvalue weighted by molar-refractivity contribution is 0.0180. The number of guanidine groups is 1. The topological polar surface area (TPSA) is 62.9 Å². The van der Waals surface area contributed by atoms with Gasteiger partial charge in [-0.25, -0.2) is 0 Å². The normalized spacial score (nSPS) is 22.0. The van der Waals surface area contributed by atoms with Crippen LogP contribution in [0, 0.1) is 6.92 Å². The van der Waals surface area contributed by atoms with Crippen LogP contribution in [0.3, 0.4) is 0 Å². The number of rotatable bonds is 5. The van der Waals surface area contributed by atoms with Crippen molar-refractivity contribution in [2.24, 2.45) is 10.7 Å². The number of benzene rings is 1. The molecule has 1 unspecified atom stereocenters. The Hall–Kier alpha value is -1.59. The molecule has 3 rings (SSSR count). The molecule has 1 aromatic carbocycles. The monoisotopic (exact) mass is 358 g/mol. The second-order valence-corrected chi connectivity index (χ2v) is 7.63. The van der Waals surface area contributed by atoms with E-state index in [2.05, 4.69) is 41.4 Å². The van der Waals surface area contributed by atoms with Crippen molar-refractivity contribution in [3.8, 4) is 0 Å². The second-order valence-electron chi connectivity index (χ2n) is 7.63. The molecule has 26 heavy (non-hydrogen) atoms. The van der Waals surface area contributed by atoms with Gasteiger partial charge in [-0.05, 0) is 25.3 Å². The molecule has 0 aromatic heterocycles. The van der Waals surface area contributed by atoms with Gasteiger partial charge in [0.2, 0.25) is 0 Å². The molecule has 0 radical (unpaired) electrons. The average Bonchev–Trinajstić information content (AvgIpc) is 2.93. The smallest absolute Gasteiger partial charge is 0.188 e. The van der Waals surface area contributed by atoms with Gasteiger partial charge in [0, 0.05) is 19.1 Å². The molecular weight excluding hydrogens is 324 g/mol. The third-order valence-electron chi connectivity index (χ3n) is 5.59. The Balaban J connectivity index is 1.65. The predicted octanol–water partition coefficient (Wildman–Crippen LogP) is 3.00. The summed E-state index contributed by atoms with van der Waals surface area (Å²) in [4.78, 5) is 7.19. The Morgan fingerprint density at radius 3 is 2.46 bits per heavy atom. The maximum atomic E-state index is 6.23. The number of morpholine rings is 1. The van der Waals surface area contributed by atoms with Crippen molar-refractivity contribution in [3.63, 3.8) is 0 Å². The van der Waals surface area contributed by atoms with Crippen LogP contribution in [0.5, 0.6) is 0 Å². The van der Waals surface area contributed by atoms with Gasteiger partial charge in [-0.2, -0.15) is 0 Å². The summed E-state index contributed by atoms with van der Waals surface area (Å²) in [5.74, 6) is 0.599. The first-order valence-electron chi connectivity index (χ1n) is 10.2. The number of nitrogens with two attached hydrogens (primary N) is 1. The minimum absolute atomic E-state index is 0.258. The summed E-state index contributed by atoms with van der Waals surface area (Å²) in [6, 6.07) is 9.55. The first-order valence-corrected chi connectivity index (χ1v) is 10.2. The van der Waals surface area contributed by atoms with E-state index in [1.807, 2.05) is 0 Å². The van der Waals surface area contributed by atoms with Crippen molar-refractivity contribution in [1.29, 1.82) is 0 Å². The Bertz CT molecular complexity index is 558. The molecule has 2 aliphatic rings. The molecule has 1 saturated heterocycles. The molecule has 3 N–H and O–H groups in total. The fourth-order valence-electron chi connectivity index (χ4n) is 3.97. The zero-order valence-electron chi connectivity index (χ0n) is 16.1. The van der Waals surface area contributed by atoms with Gasteiger partial charge in [0.1, 0.15) is 0 Å². The van der Waals surface area contributed by atoms with E-state index >= 15 is 0 Å². The van der Waals surface area contributed by atoms with Crippen molar-refractivity contribution in [1.82, 2.24) is 10.2 Å². The van der Waals surface area contributed by atoms with Crippen LogP contribution in [0.15, 0.2) is 29.3 Å². The fourth-order valence-corrected chi connectivity index (χ4v) is 3.97. The van der Waals surface area contributed by atoms with Crippen LogP contribution in [-0.2, 0) is 4.74 Å². The standard InChI is InChI=1S/C21H34N4O/c1-17-8-10-18(11-9-17)20(25-12-14-26-15-13-25)16-23-21(22)24-19-6-4-2-3-5-7-19/h8-11,19-20H,2-7,12-16H2,1H3,(H3,22,23,24). The third-order valence-corrected chi connectivity index (χ3v) is 5.59. The molecule has 144 valence electrons. The molecular formula is C21H34N4O. The maximum absolute atomic E-state index is 6.23. The third kappa shape index (κ3) is 5.71. The first-order chi connectivity index (χ1) is 12.7. The van der Waals surface area contributed by atoms with Gasteiger partial charge in [0.25, 0.3) is 0 Å². The molecule has 1 saturated carbocycles.